The van der Waals surface area contributed by atoms with Gasteiger partial charge in [-0.1, -0.05) is 11.6 Å². The lowest BCUT2D eigenvalue weighted by atomic mass is 10.2. The summed E-state index contributed by atoms with van der Waals surface area (Å²) in [6, 6.07) is 5.29. The molecule has 0 aliphatic rings. The maximum Gasteiger partial charge on any atom is 0.255 e. The minimum atomic E-state index is -0.0483. The van der Waals surface area contributed by atoms with E-state index in [1.54, 1.807) is 22.9 Å². The van der Waals surface area contributed by atoms with Crippen LogP contribution in [0.5, 0.6) is 0 Å². The molecule has 0 aliphatic carbocycles. The van der Waals surface area contributed by atoms with Gasteiger partial charge >= 0.3 is 0 Å². The highest BCUT2D eigenvalue weighted by Gasteiger charge is 2.08. The molecule has 17 heavy (non-hydrogen) atoms. The molecule has 0 radical (unpaired) electrons. The molecule has 0 spiro atoms. The van der Waals surface area contributed by atoms with Crippen LogP contribution in [0.4, 0.5) is 0 Å². The fourth-order valence-corrected chi connectivity index (χ4v) is 2.06. The monoisotopic (exact) mass is 248 g/mol. The highest BCUT2D eigenvalue weighted by Crippen LogP contribution is 2.17. The van der Waals surface area contributed by atoms with Crippen LogP contribution in [-0.4, -0.2) is 9.55 Å². The zero-order valence-electron chi connectivity index (χ0n) is 9.99. The summed E-state index contributed by atoms with van der Waals surface area (Å²) < 4.78 is 1.65. The maximum atomic E-state index is 12.0. The Morgan fingerprint density at radius 2 is 1.88 bits per heavy atom. The van der Waals surface area contributed by atoms with E-state index < -0.39 is 0 Å². The number of hydrogen-bond donors (Lipinski definition) is 0. The Kier molecular flexibility index (Phi) is 3.03. The zero-order chi connectivity index (χ0) is 12.6. The summed E-state index contributed by atoms with van der Waals surface area (Å²) in [4.78, 5) is 16.0. The second-order valence-corrected chi connectivity index (χ2v) is 4.53. The number of halogens is 1. The first-order valence-electron chi connectivity index (χ1n) is 5.32. The first kappa shape index (κ1) is 11.9. The van der Waals surface area contributed by atoms with E-state index in [-0.39, 0.29) is 5.56 Å². The average molecular weight is 249 g/mol. The van der Waals surface area contributed by atoms with Crippen molar-refractivity contribution >= 4 is 11.6 Å². The van der Waals surface area contributed by atoms with Crippen LogP contribution in [0.2, 0.25) is 5.15 Å². The molecule has 4 heteroatoms. The Morgan fingerprint density at radius 1 is 1.18 bits per heavy atom. The topological polar surface area (TPSA) is 34.9 Å². The quantitative estimate of drug-likeness (QED) is 0.728. The lowest BCUT2D eigenvalue weighted by Crippen LogP contribution is -2.20. The van der Waals surface area contributed by atoms with Crippen molar-refractivity contribution in [2.24, 2.45) is 0 Å². The predicted octanol–water partition coefficient (Wildman–Crippen LogP) is 2.81. The molecule has 2 heterocycles. The average Bonchev–Trinajstić information content (AvgIpc) is 2.21. The molecule has 0 saturated carbocycles. The number of aromatic nitrogens is 2. The van der Waals surface area contributed by atoms with Crippen molar-refractivity contribution in [2.45, 2.75) is 20.8 Å². The number of nitrogens with zero attached hydrogens (tertiary/aromatic N) is 2. The Bertz CT molecular complexity index is 632. The Balaban J connectivity index is 2.77. The van der Waals surface area contributed by atoms with Crippen molar-refractivity contribution in [1.82, 2.24) is 9.55 Å². The Hall–Kier alpha value is -1.61. The van der Waals surface area contributed by atoms with E-state index >= 15 is 0 Å². The van der Waals surface area contributed by atoms with Gasteiger partial charge < -0.3 is 0 Å². The molecule has 88 valence electrons. The van der Waals surface area contributed by atoms with Gasteiger partial charge in [-0.15, -0.1) is 0 Å². The first-order valence-corrected chi connectivity index (χ1v) is 5.69. The highest BCUT2D eigenvalue weighted by molar-refractivity contribution is 6.29. The summed E-state index contributed by atoms with van der Waals surface area (Å²) in [6.07, 6.45) is 1.67. The van der Waals surface area contributed by atoms with Gasteiger partial charge in [0.05, 0.1) is 5.69 Å². The fourth-order valence-electron chi connectivity index (χ4n) is 1.91. The van der Waals surface area contributed by atoms with Crippen molar-refractivity contribution in [3.8, 4) is 5.69 Å². The number of hydrogen-bond acceptors (Lipinski definition) is 2. The van der Waals surface area contributed by atoms with Crippen molar-refractivity contribution in [2.75, 3.05) is 0 Å². The van der Waals surface area contributed by atoms with Gasteiger partial charge in [0.2, 0.25) is 0 Å². The molecule has 0 unspecified atom stereocenters. The number of pyridine rings is 2. The van der Waals surface area contributed by atoms with E-state index in [0.717, 1.165) is 22.5 Å². The lowest BCUT2D eigenvalue weighted by Gasteiger charge is -2.13. The molecule has 0 aliphatic heterocycles. The zero-order valence-corrected chi connectivity index (χ0v) is 10.7. The summed E-state index contributed by atoms with van der Waals surface area (Å²) in [7, 11) is 0. The van der Waals surface area contributed by atoms with Gasteiger partial charge in [0, 0.05) is 18.0 Å². The SMILES string of the molecule is Cc1cc(C)n(-c2cc(Cl)ncc2C)c(=O)c1. The molecule has 3 nitrogen and oxygen atoms in total. The van der Waals surface area contributed by atoms with E-state index in [2.05, 4.69) is 4.98 Å². The van der Waals surface area contributed by atoms with Crippen LogP contribution in [0.25, 0.3) is 5.69 Å². The smallest absolute Gasteiger partial charge is 0.255 e. The van der Waals surface area contributed by atoms with Crippen LogP contribution >= 0.6 is 11.6 Å². The number of rotatable bonds is 1. The standard InChI is InChI=1S/C13H13ClN2O/c1-8-4-10(3)16(13(17)5-8)11-6-12(14)15-7-9(11)2/h4-7H,1-3H3. The third-order valence-electron chi connectivity index (χ3n) is 2.64. The van der Waals surface area contributed by atoms with Gasteiger partial charge in [0.1, 0.15) is 5.15 Å². The van der Waals surface area contributed by atoms with Crippen molar-refractivity contribution in [3.05, 3.63) is 56.7 Å². The largest absolute Gasteiger partial charge is 0.281 e. The van der Waals surface area contributed by atoms with Crippen LogP contribution < -0.4 is 5.56 Å². The molecule has 0 fully saturated rings. The summed E-state index contributed by atoms with van der Waals surface area (Å²) in [5.74, 6) is 0. The normalized spacial score (nSPS) is 10.6. The molecule has 0 atom stereocenters. The molecule has 0 N–H and O–H groups in total. The fraction of sp³-hybridized carbons (Fsp3) is 0.231. The van der Waals surface area contributed by atoms with Gasteiger partial charge in [-0.05, 0) is 44.0 Å². The third kappa shape index (κ3) is 2.24. The van der Waals surface area contributed by atoms with Gasteiger partial charge in [-0.25, -0.2) is 4.98 Å². The van der Waals surface area contributed by atoms with Crippen molar-refractivity contribution in [1.29, 1.82) is 0 Å². The molecule has 2 rings (SSSR count). The molecule has 0 aromatic carbocycles. The molecular weight excluding hydrogens is 236 g/mol. The number of aryl methyl sites for hydroxylation is 3. The lowest BCUT2D eigenvalue weighted by molar-refractivity contribution is 0.914. The third-order valence-corrected chi connectivity index (χ3v) is 2.85. The summed E-state index contributed by atoms with van der Waals surface area (Å²) in [6.45, 7) is 5.72. The molecule has 0 saturated heterocycles. The predicted molar refractivity (Wildman–Crippen MR) is 69.1 cm³/mol. The highest BCUT2D eigenvalue weighted by atomic mass is 35.5. The Labute approximate surface area is 105 Å². The van der Waals surface area contributed by atoms with E-state index in [9.17, 15) is 4.79 Å². The molecule has 2 aromatic heterocycles. The van der Waals surface area contributed by atoms with Crippen LogP contribution in [0.15, 0.2) is 29.2 Å². The maximum absolute atomic E-state index is 12.0. The van der Waals surface area contributed by atoms with Crippen LogP contribution in [-0.2, 0) is 0 Å². The van der Waals surface area contributed by atoms with E-state index in [4.69, 9.17) is 11.6 Å². The first-order chi connectivity index (χ1) is 7.99. The van der Waals surface area contributed by atoms with Gasteiger partial charge in [-0.3, -0.25) is 9.36 Å². The van der Waals surface area contributed by atoms with E-state index in [1.807, 2.05) is 26.8 Å². The van der Waals surface area contributed by atoms with Crippen molar-refractivity contribution in [3.63, 3.8) is 0 Å². The second-order valence-electron chi connectivity index (χ2n) is 4.14. The molecule has 0 amide bonds. The van der Waals surface area contributed by atoms with Gasteiger partial charge in [-0.2, -0.15) is 0 Å². The van der Waals surface area contributed by atoms with Crippen LogP contribution in [0, 0.1) is 20.8 Å². The van der Waals surface area contributed by atoms with Crippen molar-refractivity contribution < 1.29 is 0 Å². The second kappa shape index (κ2) is 4.34. The summed E-state index contributed by atoms with van der Waals surface area (Å²) >= 11 is 5.88. The summed E-state index contributed by atoms with van der Waals surface area (Å²) in [5.41, 5.74) is 3.51. The molecule has 0 bridgehead atoms. The van der Waals surface area contributed by atoms with E-state index in [1.165, 1.54) is 0 Å². The van der Waals surface area contributed by atoms with E-state index in [0.29, 0.717) is 5.15 Å². The molecular formula is C13H13ClN2O. The Morgan fingerprint density at radius 3 is 2.53 bits per heavy atom. The minimum absolute atomic E-state index is 0.0483. The van der Waals surface area contributed by atoms with Gasteiger partial charge in [0.15, 0.2) is 0 Å². The molecule has 2 aromatic rings. The van der Waals surface area contributed by atoms with Crippen LogP contribution in [0.1, 0.15) is 16.8 Å². The van der Waals surface area contributed by atoms with Crippen LogP contribution in [0.3, 0.4) is 0 Å². The van der Waals surface area contributed by atoms with Gasteiger partial charge in [0.25, 0.3) is 5.56 Å². The summed E-state index contributed by atoms with van der Waals surface area (Å²) in [5, 5.41) is 0.387. The minimum Gasteiger partial charge on any atom is -0.281 e.